The molecular weight excluding hydrogens is 217 g/mol. The van der Waals surface area contributed by atoms with Crippen LogP contribution in [0.5, 0.6) is 0 Å². The summed E-state index contributed by atoms with van der Waals surface area (Å²) >= 11 is 0. The largest absolute Gasteiger partial charge is 0.359 e. The zero-order chi connectivity index (χ0) is 12.4. The molecule has 0 aliphatic heterocycles. The molecule has 3 nitrogen and oxygen atoms in total. The summed E-state index contributed by atoms with van der Waals surface area (Å²) in [5.74, 6) is 0.692. The molecule has 1 aromatic heterocycles. The van der Waals surface area contributed by atoms with Gasteiger partial charge in [-0.1, -0.05) is 12.1 Å². The lowest BCUT2D eigenvalue weighted by Crippen LogP contribution is -2.05. The number of hydrogen-bond acceptors (Lipinski definition) is 2. The van der Waals surface area contributed by atoms with Gasteiger partial charge in [-0.05, 0) is 30.5 Å². The van der Waals surface area contributed by atoms with Crippen molar-refractivity contribution in [2.45, 2.75) is 20.4 Å². The van der Waals surface area contributed by atoms with Crippen molar-refractivity contribution in [1.82, 2.24) is 9.55 Å². The van der Waals surface area contributed by atoms with E-state index < -0.39 is 0 Å². The van der Waals surface area contributed by atoms with Crippen LogP contribution in [0, 0.1) is 19.7 Å². The zero-order valence-corrected chi connectivity index (χ0v) is 10.3. The average molecular weight is 233 g/mol. The van der Waals surface area contributed by atoms with Gasteiger partial charge < -0.3 is 9.88 Å². The second kappa shape index (κ2) is 4.57. The maximum absolute atomic E-state index is 13.5. The Hall–Kier alpha value is -1.84. The van der Waals surface area contributed by atoms with Crippen LogP contribution in [-0.4, -0.2) is 16.6 Å². The van der Waals surface area contributed by atoms with E-state index in [0.29, 0.717) is 17.7 Å². The van der Waals surface area contributed by atoms with Gasteiger partial charge in [-0.25, -0.2) is 9.37 Å². The van der Waals surface area contributed by atoms with Gasteiger partial charge in [-0.2, -0.15) is 0 Å². The monoisotopic (exact) mass is 233 g/mol. The Kier molecular flexibility index (Phi) is 3.13. The Labute approximate surface area is 100 Å². The fourth-order valence-corrected chi connectivity index (χ4v) is 1.99. The third kappa shape index (κ3) is 2.30. The van der Waals surface area contributed by atoms with E-state index in [-0.39, 0.29) is 5.82 Å². The molecule has 1 heterocycles. The molecule has 4 heteroatoms. The first-order chi connectivity index (χ1) is 8.11. The van der Waals surface area contributed by atoms with Crippen LogP contribution < -0.4 is 5.32 Å². The molecule has 0 saturated carbocycles. The molecular formula is C13H16FN3. The molecule has 0 spiro atoms. The van der Waals surface area contributed by atoms with Crippen molar-refractivity contribution in [2.24, 2.45) is 0 Å². The van der Waals surface area contributed by atoms with E-state index in [1.165, 1.54) is 0 Å². The Bertz CT molecular complexity index is 508. The third-order valence-electron chi connectivity index (χ3n) is 2.79. The minimum atomic E-state index is -0.117. The van der Waals surface area contributed by atoms with Crippen LogP contribution in [0.3, 0.4) is 0 Å². The number of benzene rings is 1. The molecule has 0 saturated heterocycles. The predicted molar refractivity (Wildman–Crippen MR) is 66.7 cm³/mol. The molecule has 17 heavy (non-hydrogen) atoms. The van der Waals surface area contributed by atoms with Gasteiger partial charge in [-0.3, -0.25) is 0 Å². The van der Waals surface area contributed by atoms with E-state index >= 15 is 0 Å². The van der Waals surface area contributed by atoms with Crippen LogP contribution in [0.25, 0.3) is 0 Å². The standard InChI is InChI=1S/C13H16FN3/c1-9-6-11(7-10(2)12(9)14)8-17-5-4-16-13(17)15-3/h4-7H,8H2,1-3H3,(H,15,16). The van der Waals surface area contributed by atoms with Crippen molar-refractivity contribution in [3.63, 3.8) is 0 Å². The molecule has 0 radical (unpaired) electrons. The normalized spacial score (nSPS) is 10.6. The van der Waals surface area contributed by atoms with Gasteiger partial charge in [0.15, 0.2) is 0 Å². The molecule has 0 amide bonds. The first-order valence-electron chi connectivity index (χ1n) is 5.56. The van der Waals surface area contributed by atoms with Crippen LogP contribution in [0.2, 0.25) is 0 Å². The van der Waals surface area contributed by atoms with Crippen molar-refractivity contribution in [3.05, 3.63) is 47.0 Å². The number of nitrogens with one attached hydrogen (secondary N) is 1. The van der Waals surface area contributed by atoms with E-state index in [1.54, 1.807) is 20.0 Å². The summed E-state index contributed by atoms with van der Waals surface area (Å²) in [6.45, 7) is 4.27. The maximum Gasteiger partial charge on any atom is 0.202 e. The number of halogens is 1. The number of aromatic nitrogens is 2. The van der Waals surface area contributed by atoms with Crippen LogP contribution in [0.15, 0.2) is 24.5 Å². The molecule has 0 aliphatic carbocycles. The van der Waals surface area contributed by atoms with Crippen LogP contribution in [0.1, 0.15) is 16.7 Å². The van der Waals surface area contributed by atoms with Gasteiger partial charge in [0.25, 0.3) is 0 Å². The molecule has 0 atom stereocenters. The molecule has 1 aromatic carbocycles. The third-order valence-corrected chi connectivity index (χ3v) is 2.79. The molecule has 1 N–H and O–H groups in total. The number of imidazole rings is 1. The lowest BCUT2D eigenvalue weighted by molar-refractivity contribution is 0.607. The number of aryl methyl sites for hydroxylation is 2. The molecule has 0 aliphatic rings. The molecule has 2 rings (SSSR count). The summed E-state index contributed by atoms with van der Waals surface area (Å²) in [6, 6.07) is 3.75. The number of anilines is 1. The van der Waals surface area contributed by atoms with Gasteiger partial charge in [0, 0.05) is 19.4 Å². The van der Waals surface area contributed by atoms with Crippen molar-refractivity contribution in [3.8, 4) is 0 Å². The molecule has 90 valence electrons. The van der Waals surface area contributed by atoms with Crippen molar-refractivity contribution < 1.29 is 4.39 Å². The lowest BCUT2D eigenvalue weighted by atomic mass is 10.1. The Morgan fingerprint density at radius 3 is 2.53 bits per heavy atom. The first-order valence-corrected chi connectivity index (χ1v) is 5.56. The SMILES string of the molecule is CNc1nccn1Cc1cc(C)c(F)c(C)c1. The van der Waals surface area contributed by atoms with E-state index in [4.69, 9.17) is 0 Å². The minimum absolute atomic E-state index is 0.117. The van der Waals surface area contributed by atoms with Crippen molar-refractivity contribution >= 4 is 5.95 Å². The second-order valence-electron chi connectivity index (χ2n) is 4.17. The average Bonchev–Trinajstić information content (AvgIpc) is 2.73. The van der Waals surface area contributed by atoms with E-state index in [2.05, 4.69) is 10.3 Å². The van der Waals surface area contributed by atoms with E-state index in [1.807, 2.05) is 29.9 Å². The summed E-state index contributed by atoms with van der Waals surface area (Å²) < 4.78 is 15.5. The van der Waals surface area contributed by atoms with Crippen molar-refractivity contribution in [2.75, 3.05) is 12.4 Å². The van der Waals surface area contributed by atoms with Gasteiger partial charge in [0.05, 0.1) is 6.54 Å². The summed E-state index contributed by atoms with van der Waals surface area (Å²) in [5.41, 5.74) is 2.45. The lowest BCUT2D eigenvalue weighted by Gasteiger charge is -2.10. The maximum atomic E-state index is 13.5. The minimum Gasteiger partial charge on any atom is -0.359 e. The van der Waals surface area contributed by atoms with Crippen LogP contribution in [-0.2, 0) is 6.54 Å². The second-order valence-corrected chi connectivity index (χ2v) is 4.17. The summed E-state index contributed by atoms with van der Waals surface area (Å²) in [7, 11) is 1.83. The summed E-state index contributed by atoms with van der Waals surface area (Å²) in [5, 5.41) is 3.01. The molecule has 2 aromatic rings. The quantitative estimate of drug-likeness (QED) is 0.883. The summed E-state index contributed by atoms with van der Waals surface area (Å²) in [4.78, 5) is 4.17. The number of hydrogen-bond donors (Lipinski definition) is 1. The fourth-order valence-electron chi connectivity index (χ4n) is 1.99. The van der Waals surface area contributed by atoms with Gasteiger partial charge in [-0.15, -0.1) is 0 Å². The van der Waals surface area contributed by atoms with E-state index in [0.717, 1.165) is 11.5 Å². The zero-order valence-electron chi connectivity index (χ0n) is 10.3. The highest BCUT2D eigenvalue weighted by molar-refractivity contribution is 5.32. The predicted octanol–water partition coefficient (Wildman–Crippen LogP) is 2.73. The van der Waals surface area contributed by atoms with Gasteiger partial charge in [0.2, 0.25) is 5.95 Å². The first kappa shape index (κ1) is 11.6. The Morgan fingerprint density at radius 2 is 1.94 bits per heavy atom. The molecule has 0 bridgehead atoms. The van der Waals surface area contributed by atoms with Gasteiger partial charge in [0.1, 0.15) is 5.82 Å². The van der Waals surface area contributed by atoms with Crippen LogP contribution >= 0.6 is 0 Å². The Balaban J connectivity index is 2.31. The van der Waals surface area contributed by atoms with Crippen LogP contribution in [0.4, 0.5) is 10.3 Å². The highest BCUT2D eigenvalue weighted by Crippen LogP contribution is 2.16. The fraction of sp³-hybridized carbons (Fsp3) is 0.308. The molecule has 0 unspecified atom stereocenters. The molecule has 0 fully saturated rings. The van der Waals surface area contributed by atoms with Gasteiger partial charge >= 0.3 is 0 Å². The topological polar surface area (TPSA) is 29.9 Å². The van der Waals surface area contributed by atoms with Crippen molar-refractivity contribution in [1.29, 1.82) is 0 Å². The van der Waals surface area contributed by atoms with E-state index in [9.17, 15) is 4.39 Å². The number of nitrogens with zero attached hydrogens (tertiary/aromatic N) is 2. The smallest absolute Gasteiger partial charge is 0.202 e. The highest BCUT2D eigenvalue weighted by atomic mass is 19.1. The summed E-state index contributed by atoms with van der Waals surface area (Å²) in [6.07, 6.45) is 3.65. The number of rotatable bonds is 3. The Morgan fingerprint density at radius 1 is 1.29 bits per heavy atom. The highest BCUT2D eigenvalue weighted by Gasteiger charge is 2.06.